The zero-order valence-electron chi connectivity index (χ0n) is 10.8. The standard InChI is InChI=1S/C11H20FN3O3/c1-13-10(17)15-6-3-11(12,4-7-15)9(16)14-5-8-18-2/h3-8H2,1-2H3,(H,13,17)(H,14,16). The van der Waals surface area contributed by atoms with Gasteiger partial charge in [-0.3, -0.25) is 4.79 Å². The first-order chi connectivity index (χ1) is 8.53. The summed E-state index contributed by atoms with van der Waals surface area (Å²) in [6.45, 7) is 1.13. The largest absolute Gasteiger partial charge is 0.383 e. The van der Waals surface area contributed by atoms with Crippen molar-refractivity contribution in [3.8, 4) is 0 Å². The normalized spacial score (nSPS) is 18.3. The molecule has 18 heavy (non-hydrogen) atoms. The van der Waals surface area contributed by atoms with E-state index in [4.69, 9.17) is 4.74 Å². The number of carbonyl (C=O) groups excluding carboxylic acids is 2. The molecule has 0 radical (unpaired) electrons. The average molecular weight is 261 g/mol. The lowest BCUT2D eigenvalue weighted by Crippen LogP contribution is -2.53. The fourth-order valence-electron chi connectivity index (χ4n) is 1.87. The van der Waals surface area contributed by atoms with Gasteiger partial charge in [0.2, 0.25) is 0 Å². The molecule has 6 nitrogen and oxygen atoms in total. The molecule has 1 heterocycles. The lowest BCUT2D eigenvalue weighted by Gasteiger charge is -2.35. The molecule has 0 atom stereocenters. The van der Waals surface area contributed by atoms with Gasteiger partial charge in [0, 0.05) is 46.6 Å². The van der Waals surface area contributed by atoms with Crippen LogP contribution in [0.5, 0.6) is 0 Å². The maximum absolute atomic E-state index is 14.3. The van der Waals surface area contributed by atoms with E-state index in [1.165, 1.54) is 19.1 Å². The van der Waals surface area contributed by atoms with Gasteiger partial charge in [0.25, 0.3) is 5.91 Å². The number of piperidine rings is 1. The fraction of sp³-hybridized carbons (Fsp3) is 0.818. The number of alkyl halides is 1. The van der Waals surface area contributed by atoms with Crippen LogP contribution in [0.4, 0.5) is 9.18 Å². The van der Waals surface area contributed by atoms with E-state index < -0.39 is 11.6 Å². The average Bonchev–Trinajstić information content (AvgIpc) is 2.39. The quantitative estimate of drug-likeness (QED) is 0.694. The van der Waals surface area contributed by atoms with Crippen molar-refractivity contribution in [2.45, 2.75) is 18.5 Å². The molecule has 7 heteroatoms. The Morgan fingerprint density at radius 3 is 2.50 bits per heavy atom. The summed E-state index contributed by atoms with van der Waals surface area (Å²) in [7, 11) is 3.04. The van der Waals surface area contributed by atoms with Crippen LogP contribution in [-0.4, -0.2) is 62.9 Å². The molecule has 0 spiro atoms. The highest BCUT2D eigenvalue weighted by Gasteiger charge is 2.42. The second-order valence-corrected chi connectivity index (χ2v) is 4.26. The van der Waals surface area contributed by atoms with Crippen molar-refractivity contribution in [2.24, 2.45) is 0 Å². The Kier molecular flexibility index (Phi) is 5.33. The van der Waals surface area contributed by atoms with Crippen molar-refractivity contribution in [3.63, 3.8) is 0 Å². The number of carbonyl (C=O) groups is 2. The monoisotopic (exact) mass is 261 g/mol. The maximum atomic E-state index is 14.3. The summed E-state index contributed by atoms with van der Waals surface area (Å²) >= 11 is 0. The molecule has 1 aliphatic rings. The zero-order chi connectivity index (χ0) is 13.6. The fourth-order valence-corrected chi connectivity index (χ4v) is 1.87. The van der Waals surface area contributed by atoms with Crippen molar-refractivity contribution >= 4 is 11.9 Å². The third-order valence-electron chi connectivity index (χ3n) is 3.06. The van der Waals surface area contributed by atoms with Crippen LogP contribution >= 0.6 is 0 Å². The molecule has 0 aromatic carbocycles. The van der Waals surface area contributed by atoms with Crippen LogP contribution in [0.3, 0.4) is 0 Å². The van der Waals surface area contributed by atoms with Crippen LogP contribution in [0.2, 0.25) is 0 Å². The number of rotatable bonds is 4. The molecule has 1 fully saturated rings. The number of hydrogen-bond acceptors (Lipinski definition) is 3. The van der Waals surface area contributed by atoms with Gasteiger partial charge in [-0.1, -0.05) is 0 Å². The lowest BCUT2D eigenvalue weighted by atomic mass is 9.92. The topological polar surface area (TPSA) is 70.7 Å². The summed E-state index contributed by atoms with van der Waals surface area (Å²) in [6.07, 6.45) is 0.0540. The molecule has 3 amide bonds. The van der Waals surface area contributed by atoms with Gasteiger partial charge in [0.15, 0.2) is 5.67 Å². The number of likely N-dealkylation sites (tertiary alicyclic amines) is 1. The number of nitrogens with zero attached hydrogens (tertiary/aromatic N) is 1. The SMILES string of the molecule is CNC(=O)N1CCC(F)(C(=O)NCCOC)CC1. The molecule has 0 aliphatic carbocycles. The first-order valence-corrected chi connectivity index (χ1v) is 5.96. The van der Waals surface area contributed by atoms with Crippen LogP contribution < -0.4 is 10.6 Å². The van der Waals surface area contributed by atoms with Crippen molar-refractivity contribution < 1.29 is 18.7 Å². The Bertz CT molecular complexity index is 304. The number of urea groups is 1. The molecule has 1 saturated heterocycles. The third kappa shape index (κ3) is 3.56. The molecule has 2 N–H and O–H groups in total. The van der Waals surface area contributed by atoms with Crippen molar-refractivity contribution in [2.75, 3.05) is 40.4 Å². The molecule has 104 valence electrons. The highest BCUT2D eigenvalue weighted by molar-refractivity contribution is 5.85. The molecule has 0 aromatic heterocycles. The number of ether oxygens (including phenoxy) is 1. The lowest BCUT2D eigenvalue weighted by molar-refractivity contribution is -0.135. The number of methoxy groups -OCH3 is 1. The molecule has 1 aliphatic heterocycles. The predicted octanol–water partition coefficient (Wildman–Crippen LogP) is -0.107. The van der Waals surface area contributed by atoms with Crippen molar-refractivity contribution in [1.29, 1.82) is 0 Å². The number of hydrogen-bond donors (Lipinski definition) is 2. The molecular formula is C11H20FN3O3. The summed E-state index contributed by atoms with van der Waals surface area (Å²) in [5, 5.41) is 4.97. The molecule has 0 unspecified atom stereocenters. The van der Waals surface area contributed by atoms with Gasteiger partial charge in [-0.2, -0.15) is 0 Å². The Hall–Kier alpha value is -1.37. The minimum absolute atomic E-state index is 0.0270. The third-order valence-corrected chi connectivity index (χ3v) is 3.06. The first-order valence-electron chi connectivity index (χ1n) is 5.96. The van der Waals surface area contributed by atoms with Gasteiger partial charge < -0.3 is 20.3 Å². The molecule has 0 aromatic rings. The van der Waals surface area contributed by atoms with Crippen molar-refractivity contribution in [1.82, 2.24) is 15.5 Å². The van der Waals surface area contributed by atoms with E-state index >= 15 is 0 Å². The van der Waals surface area contributed by atoms with Gasteiger partial charge >= 0.3 is 6.03 Å². The molecule has 0 saturated carbocycles. The zero-order valence-corrected chi connectivity index (χ0v) is 10.8. The van der Waals surface area contributed by atoms with Crippen LogP contribution in [0.15, 0.2) is 0 Å². The van der Waals surface area contributed by atoms with Crippen molar-refractivity contribution in [3.05, 3.63) is 0 Å². The number of halogens is 1. The van der Waals surface area contributed by atoms with E-state index in [2.05, 4.69) is 10.6 Å². The summed E-state index contributed by atoms with van der Waals surface area (Å²) in [6, 6.07) is -0.239. The molecular weight excluding hydrogens is 241 g/mol. The summed E-state index contributed by atoms with van der Waals surface area (Å²) in [4.78, 5) is 24.5. The van der Waals surface area contributed by atoms with E-state index in [9.17, 15) is 14.0 Å². The van der Waals surface area contributed by atoms with E-state index in [1.54, 1.807) is 0 Å². The Morgan fingerprint density at radius 2 is 2.00 bits per heavy atom. The minimum Gasteiger partial charge on any atom is -0.383 e. The van der Waals surface area contributed by atoms with Crippen LogP contribution in [0.25, 0.3) is 0 Å². The first kappa shape index (κ1) is 14.7. The van der Waals surface area contributed by atoms with E-state index in [0.717, 1.165) is 0 Å². The van der Waals surface area contributed by atoms with Gasteiger partial charge in [0.05, 0.1) is 6.61 Å². The second-order valence-electron chi connectivity index (χ2n) is 4.26. The van der Waals surface area contributed by atoms with Gasteiger partial charge in [-0.05, 0) is 0 Å². The van der Waals surface area contributed by atoms with E-state index in [-0.39, 0.29) is 32.0 Å². The van der Waals surface area contributed by atoms with E-state index in [1.807, 2.05) is 0 Å². The predicted molar refractivity (Wildman–Crippen MR) is 64.0 cm³/mol. The second kappa shape index (κ2) is 6.53. The maximum Gasteiger partial charge on any atom is 0.317 e. The number of nitrogens with one attached hydrogen (secondary N) is 2. The van der Waals surface area contributed by atoms with Gasteiger partial charge in [0.1, 0.15) is 0 Å². The number of amides is 3. The van der Waals surface area contributed by atoms with Crippen LogP contribution in [0, 0.1) is 0 Å². The Labute approximate surface area is 106 Å². The van der Waals surface area contributed by atoms with Gasteiger partial charge in [-0.15, -0.1) is 0 Å². The Balaban J connectivity index is 2.43. The minimum atomic E-state index is -1.88. The summed E-state index contributed by atoms with van der Waals surface area (Å²) in [5.74, 6) is -0.615. The smallest absolute Gasteiger partial charge is 0.317 e. The summed E-state index contributed by atoms with van der Waals surface area (Å²) < 4.78 is 19.1. The van der Waals surface area contributed by atoms with Crippen LogP contribution in [0.1, 0.15) is 12.8 Å². The molecule has 0 bridgehead atoms. The highest BCUT2D eigenvalue weighted by atomic mass is 19.1. The van der Waals surface area contributed by atoms with E-state index in [0.29, 0.717) is 13.2 Å². The van der Waals surface area contributed by atoms with Gasteiger partial charge in [-0.25, -0.2) is 9.18 Å². The molecule has 1 rings (SSSR count). The van der Waals surface area contributed by atoms with Crippen LogP contribution in [-0.2, 0) is 9.53 Å². The Morgan fingerprint density at radius 1 is 1.39 bits per heavy atom. The highest BCUT2D eigenvalue weighted by Crippen LogP contribution is 2.26. The summed E-state index contributed by atoms with van der Waals surface area (Å²) in [5.41, 5.74) is -1.88.